The number of ether oxygens (including phenoxy) is 4. The van der Waals surface area contributed by atoms with Crippen LogP contribution in [0.3, 0.4) is 0 Å². The second-order valence-electron chi connectivity index (χ2n) is 8.02. The van der Waals surface area contributed by atoms with E-state index in [9.17, 15) is 40.5 Å². The van der Waals surface area contributed by atoms with E-state index in [0.717, 1.165) is 11.8 Å². The monoisotopic (exact) mass is 506 g/mol. The fraction of sp³-hybridized carbons (Fsp3) is 0.667. The van der Waals surface area contributed by atoms with E-state index in [1.807, 2.05) is 0 Å². The zero-order valence-electron chi connectivity index (χ0n) is 18.2. The van der Waals surface area contributed by atoms with Crippen LogP contribution in [0.4, 0.5) is 0 Å². The van der Waals surface area contributed by atoms with Crippen LogP contribution in [0.25, 0.3) is 0 Å². The third-order valence-electron chi connectivity index (χ3n) is 5.77. The second-order valence-corrected chi connectivity index (χ2v) is 9.16. The third-order valence-corrected chi connectivity index (χ3v) is 7.09. The Bertz CT molecular complexity index is 782. The van der Waals surface area contributed by atoms with E-state index in [2.05, 4.69) is 0 Å². The Balaban J connectivity index is 1.71. The van der Waals surface area contributed by atoms with Gasteiger partial charge in [-0.3, -0.25) is 4.79 Å². The van der Waals surface area contributed by atoms with E-state index in [0.29, 0.717) is 5.56 Å². The summed E-state index contributed by atoms with van der Waals surface area (Å²) in [6.45, 7) is -0.626. The number of hydrogen-bond donors (Lipinski definition) is 7. The maximum Gasteiger partial charge on any atom is 0.321 e. The lowest BCUT2D eigenvalue weighted by atomic mass is 9.97. The van der Waals surface area contributed by atoms with Gasteiger partial charge >= 0.3 is 5.97 Å². The van der Waals surface area contributed by atoms with Gasteiger partial charge in [-0.05, 0) is 5.56 Å². The summed E-state index contributed by atoms with van der Waals surface area (Å²) >= 11 is 0.950. The normalized spacial score (nSPS) is 39.5. The molecule has 11 atom stereocenters. The number of aliphatic carboxylic acids is 1. The number of aliphatic hydroxyl groups excluding tert-OH is 6. The van der Waals surface area contributed by atoms with Crippen molar-refractivity contribution < 1.29 is 59.5 Å². The molecular weight excluding hydrogens is 476 g/mol. The molecule has 0 bridgehead atoms. The van der Waals surface area contributed by atoms with Crippen LogP contribution in [0.5, 0.6) is 0 Å². The Morgan fingerprint density at radius 2 is 1.56 bits per heavy atom. The van der Waals surface area contributed by atoms with Gasteiger partial charge in [-0.25, -0.2) is 0 Å². The van der Waals surface area contributed by atoms with Gasteiger partial charge < -0.3 is 54.7 Å². The van der Waals surface area contributed by atoms with E-state index < -0.39 is 79.2 Å². The van der Waals surface area contributed by atoms with Crippen LogP contribution >= 0.6 is 11.8 Å². The molecule has 2 saturated heterocycles. The summed E-state index contributed by atoms with van der Waals surface area (Å²) in [6.07, 6.45) is -14.7. The molecule has 1 aromatic rings. The molecular formula is C21H30O12S. The first kappa shape index (κ1) is 27.2. The van der Waals surface area contributed by atoms with Crippen LogP contribution in [0, 0.1) is 0 Å². The molecule has 0 spiro atoms. The topological polar surface area (TPSA) is 196 Å². The molecule has 11 unspecified atom stereocenters. The summed E-state index contributed by atoms with van der Waals surface area (Å²) in [5.41, 5.74) is 0.522. The van der Waals surface area contributed by atoms with Gasteiger partial charge in [0.2, 0.25) is 0 Å². The van der Waals surface area contributed by atoms with Crippen molar-refractivity contribution in [2.75, 3.05) is 19.5 Å². The average molecular weight is 507 g/mol. The van der Waals surface area contributed by atoms with E-state index in [1.165, 1.54) is 7.11 Å². The number of benzene rings is 1. The van der Waals surface area contributed by atoms with E-state index >= 15 is 0 Å². The standard InChI is InChI=1S/C21H30O12S/c1-30-20-16(27)14(25)17(10(7-22)31-20)33-21-15(26)13(24)12(23)11(32-21)8-34-18(19(28)29)9-5-3-2-4-6-9/h2-6,10-18,20-27H,7-8H2,1H3,(H,28,29). The lowest BCUT2D eigenvalue weighted by Crippen LogP contribution is -2.64. The molecule has 0 aliphatic carbocycles. The first-order chi connectivity index (χ1) is 16.2. The molecule has 0 aromatic heterocycles. The van der Waals surface area contributed by atoms with Crippen molar-refractivity contribution in [1.82, 2.24) is 0 Å². The molecule has 2 heterocycles. The predicted octanol–water partition coefficient (Wildman–Crippen LogP) is -2.18. The van der Waals surface area contributed by atoms with Crippen molar-refractivity contribution in [2.45, 2.75) is 66.7 Å². The van der Waals surface area contributed by atoms with Crippen molar-refractivity contribution in [3.05, 3.63) is 35.9 Å². The highest BCUT2D eigenvalue weighted by atomic mass is 32.2. The Labute approximate surface area is 199 Å². The van der Waals surface area contributed by atoms with Crippen LogP contribution in [-0.4, -0.2) is 123 Å². The number of thioether (sulfide) groups is 1. The number of carbonyl (C=O) groups is 1. The minimum atomic E-state index is -1.75. The smallest absolute Gasteiger partial charge is 0.321 e. The Morgan fingerprint density at radius 3 is 2.15 bits per heavy atom. The lowest BCUT2D eigenvalue weighted by Gasteiger charge is -2.46. The fourth-order valence-corrected chi connectivity index (χ4v) is 5.02. The largest absolute Gasteiger partial charge is 0.480 e. The zero-order valence-corrected chi connectivity index (χ0v) is 19.0. The maximum absolute atomic E-state index is 11.7. The number of aliphatic hydroxyl groups is 6. The van der Waals surface area contributed by atoms with Crippen molar-refractivity contribution in [3.8, 4) is 0 Å². The zero-order chi connectivity index (χ0) is 25.0. The number of hydrogen-bond acceptors (Lipinski definition) is 12. The van der Waals surface area contributed by atoms with Gasteiger partial charge in [-0.2, -0.15) is 0 Å². The van der Waals surface area contributed by atoms with Gasteiger partial charge in [-0.1, -0.05) is 30.3 Å². The van der Waals surface area contributed by atoms with Crippen LogP contribution in [0.15, 0.2) is 30.3 Å². The minimum absolute atomic E-state index is 0.0851. The Morgan fingerprint density at radius 1 is 0.941 bits per heavy atom. The van der Waals surface area contributed by atoms with Crippen LogP contribution in [-0.2, 0) is 23.7 Å². The summed E-state index contributed by atoms with van der Waals surface area (Å²) in [5.74, 6) is -1.19. The summed E-state index contributed by atoms with van der Waals surface area (Å²) in [7, 11) is 1.24. The van der Waals surface area contributed by atoms with Crippen LogP contribution < -0.4 is 0 Å². The van der Waals surface area contributed by atoms with Gasteiger partial charge in [0.25, 0.3) is 0 Å². The fourth-order valence-electron chi connectivity index (χ4n) is 3.87. The molecule has 13 heteroatoms. The Kier molecular flexibility index (Phi) is 9.65. The molecule has 34 heavy (non-hydrogen) atoms. The van der Waals surface area contributed by atoms with Crippen LogP contribution in [0.2, 0.25) is 0 Å². The number of carboxylic acids is 1. The summed E-state index contributed by atoms with van der Waals surface area (Å²) in [4.78, 5) is 11.7. The summed E-state index contributed by atoms with van der Waals surface area (Å²) in [6, 6.07) is 8.42. The van der Waals surface area contributed by atoms with Crippen molar-refractivity contribution in [3.63, 3.8) is 0 Å². The highest BCUT2D eigenvalue weighted by Gasteiger charge is 2.50. The van der Waals surface area contributed by atoms with Gasteiger partial charge in [-0.15, -0.1) is 11.8 Å². The third kappa shape index (κ3) is 5.88. The molecule has 1 aromatic carbocycles. The van der Waals surface area contributed by atoms with Gasteiger partial charge in [0.1, 0.15) is 48.0 Å². The van der Waals surface area contributed by atoms with Crippen molar-refractivity contribution >= 4 is 17.7 Å². The molecule has 12 nitrogen and oxygen atoms in total. The second kappa shape index (κ2) is 12.1. The predicted molar refractivity (Wildman–Crippen MR) is 116 cm³/mol. The summed E-state index contributed by atoms with van der Waals surface area (Å²) < 4.78 is 21.5. The first-order valence-electron chi connectivity index (χ1n) is 10.6. The molecule has 7 N–H and O–H groups in total. The summed E-state index contributed by atoms with van der Waals surface area (Å²) in [5, 5.41) is 69.9. The number of carboxylic acid groups (broad SMARTS) is 1. The number of rotatable bonds is 9. The quantitative estimate of drug-likeness (QED) is 0.191. The molecule has 192 valence electrons. The highest BCUT2D eigenvalue weighted by molar-refractivity contribution is 8.00. The molecule has 2 aliphatic heterocycles. The van der Waals surface area contributed by atoms with E-state index in [-0.39, 0.29) is 5.75 Å². The first-order valence-corrected chi connectivity index (χ1v) is 11.6. The highest BCUT2D eigenvalue weighted by Crippen LogP contribution is 2.34. The Hall–Kier alpha value is -1.36. The molecule has 0 radical (unpaired) electrons. The van der Waals surface area contributed by atoms with Gasteiger partial charge in [0.15, 0.2) is 12.6 Å². The SMILES string of the molecule is COC1OC(CO)C(OC2OC(CSC(C(=O)O)c3ccccc3)C(O)C(O)C2O)C(O)C1O. The minimum Gasteiger partial charge on any atom is -0.480 e. The van der Waals surface area contributed by atoms with Gasteiger partial charge in [0.05, 0.1) is 12.7 Å². The van der Waals surface area contributed by atoms with Gasteiger partial charge in [0, 0.05) is 12.9 Å². The molecule has 2 fully saturated rings. The molecule has 3 rings (SSSR count). The van der Waals surface area contributed by atoms with Crippen LogP contribution in [0.1, 0.15) is 10.8 Å². The lowest BCUT2D eigenvalue weighted by molar-refractivity contribution is -0.353. The molecule has 2 aliphatic rings. The number of methoxy groups -OCH3 is 1. The van der Waals surface area contributed by atoms with Crippen molar-refractivity contribution in [2.24, 2.45) is 0 Å². The van der Waals surface area contributed by atoms with E-state index in [1.54, 1.807) is 30.3 Å². The average Bonchev–Trinajstić information content (AvgIpc) is 2.83. The van der Waals surface area contributed by atoms with Crippen molar-refractivity contribution in [1.29, 1.82) is 0 Å². The maximum atomic E-state index is 11.7. The molecule has 0 saturated carbocycles. The molecule has 0 amide bonds. The van der Waals surface area contributed by atoms with E-state index in [4.69, 9.17) is 18.9 Å².